The normalized spacial score (nSPS) is 11.0. The van der Waals surface area contributed by atoms with Crippen LogP contribution in [0.5, 0.6) is 5.75 Å². The maximum atomic E-state index is 12.5. The molecular formula is C25H23N7O3. The molecule has 35 heavy (non-hydrogen) atoms. The zero-order chi connectivity index (χ0) is 24.2. The maximum absolute atomic E-state index is 12.5. The highest BCUT2D eigenvalue weighted by Crippen LogP contribution is 2.27. The Balaban J connectivity index is 1.17. The largest absolute Gasteiger partial charge is 0.494 e. The van der Waals surface area contributed by atoms with Gasteiger partial charge in [-0.1, -0.05) is 12.1 Å². The van der Waals surface area contributed by atoms with Crippen LogP contribution in [0.25, 0.3) is 22.5 Å². The minimum absolute atomic E-state index is 0.154. The van der Waals surface area contributed by atoms with Gasteiger partial charge in [-0.25, -0.2) is 9.67 Å². The molecule has 10 nitrogen and oxygen atoms in total. The van der Waals surface area contributed by atoms with Crippen molar-refractivity contribution in [2.45, 2.75) is 13.0 Å². The zero-order valence-electron chi connectivity index (χ0n) is 18.7. The monoisotopic (exact) mass is 469 g/mol. The number of aryl methyl sites for hydroxylation is 1. The van der Waals surface area contributed by atoms with Crippen molar-refractivity contribution >= 4 is 34.3 Å². The Morgan fingerprint density at radius 1 is 1.03 bits per heavy atom. The van der Waals surface area contributed by atoms with E-state index in [9.17, 15) is 4.79 Å². The minimum atomic E-state index is -0.241. The highest BCUT2D eigenvalue weighted by atomic mass is 16.5. The Labute approximate surface area is 200 Å². The number of carbonyl (C=O) groups is 1. The van der Waals surface area contributed by atoms with Gasteiger partial charge in [0.1, 0.15) is 11.4 Å². The summed E-state index contributed by atoms with van der Waals surface area (Å²) in [5.74, 6) is 1.19. The Morgan fingerprint density at radius 2 is 1.86 bits per heavy atom. The molecule has 0 atom stereocenters. The van der Waals surface area contributed by atoms with Crippen LogP contribution in [0.4, 0.5) is 17.3 Å². The van der Waals surface area contributed by atoms with E-state index < -0.39 is 0 Å². The van der Waals surface area contributed by atoms with Crippen LogP contribution in [-0.2, 0) is 6.54 Å². The molecule has 0 aliphatic carbocycles. The molecule has 5 rings (SSSR count). The van der Waals surface area contributed by atoms with E-state index >= 15 is 0 Å². The van der Waals surface area contributed by atoms with Crippen LogP contribution >= 0.6 is 0 Å². The lowest BCUT2D eigenvalue weighted by atomic mass is 10.2. The fourth-order valence-electron chi connectivity index (χ4n) is 3.65. The minimum Gasteiger partial charge on any atom is -0.494 e. The lowest BCUT2D eigenvalue weighted by Gasteiger charge is -2.09. The smallest absolute Gasteiger partial charge is 0.255 e. The SMILES string of the molecule is Nc1nc(-c2ccco2)c2cnn(CCCOc3ccc(C(=O)Nc4ccccc4N)cc3)c2n1. The van der Waals surface area contributed by atoms with Crippen molar-refractivity contribution in [3.05, 3.63) is 78.7 Å². The first-order valence-corrected chi connectivity index (χ1v) is 11.0. The van der Waals surface area contributed by atoms with Gasteiger partial charge in [0.05, 0.1) is 35.8 Å². The summed E-state index contributed by atoms with van der Waals surface area (Å²) in [6.45, 7) is 1.04. The van der Waals surface area contributed by atoms with Crippen LogP contribution in [0, 0.1) is 0 Å². The number of nitrogens with zero attached hydrogens (tertiary/aromatic N) is 4. The lowest BCUT2D eigenvalue weighted by Crippen LogP contribution is -2.13. The number of hydrogen-bond acceptors (Lipinski definition) is 8. The van der Waals surface area contributed by atoms with E-state index in [1.54, 1.807) is 59.6 Å². The van der Waals surface area contributed by atoms with Gasteiger partial charge in [-0.3, -0.25) is 4.79 Å². The molecule has 0 saturated carbocycles. The summed E-state index contributed by atoms with van der Waals surface area (Å²) in [5.41, 5.74) is 14.6. The van der Waals surface area contributed by atoms with Crippen molar-refractivity contribution < 1.29 is 13.9 Å². The molecule has 0 aliphatic heterocycles. The third kappa shape index (κ3) is 4.76. The quantitative estimate of drug-likeness (QED) is 0.228. The fourth-order valence-corrected chi connectivity index (χ4v) is 3.65. The number of para-hydroxylation sites is 2. The number of furan rings is 1. The van der Waals surface area contributed by atoms with E-state index in [2.05, 4.69) is 20.4 Å². The van der Waals surface area contributed by atoms with Crippen LogP contribution in [-0.4, -0.2) is 32.3 Å². The Kier molecular flexibility index (Phi) is 6.00. The average Bonchev–Trinajstić information content (AvgIpc) is 3.54. The Morgan fingerprint density at radius 3 is 2.63 bits per heavy atom. The molecule has 5 N–H and O–H groups in total. The van der Waals surface area contributed by atoms with Gasteiger partial charge in [-0.2, -0.15) is 10.1 Å². The molecule has 0 bridgehead atoms. The van der Waals surface area contributed by atoms with E-state index in [1.165, 1.54) is 0 Å². The number of carbonyl (C=O) groups excluding carboxylic acids is 1. The number of hydrogen-bond donors (Lipinski definition) is 3. The van der Waals surface area contributed by atoms with Crippen LogP contribution in [0.15, 0.2) is 77.5 Å². The number of amides is 1. The number of rotatable bonds is 8. The second-order valence-electron chi connectivity index (χ2n) is 7.78. The number of nitrogen functional groups attached to an aromatic ring is 2. The molecule has 0 radical (unpaired) electrons. The third-order valence-corrected chi connectivity index (χ3v) is 5.38. The molecular weight excluding hydrogens is 446 g/mol. The Bertz CT molecular complexity index is 1460. The predicted molar refractivity (Wildman–Crippen MR) is 133 cm³/mol. The molecule has 3 heterocycles. The van der Waals surface area contributed by atoms with Crippen molar-refractivity contribution in [1.82, 2.24) is 19.7 Å². The van der Waals surface area contributed by atoms with E-state index in [0.717, 1.165) is 5.39 Å². The summed E-state index contributed by atoms with van der Waals surface area (Å²) in [6, 6.07) is 17.7. The van der Waals surface area contributed by atoms with Crippen molar-refractivity contribution in [1.29, 1.82) is 0 Å². The number of nitrogens with one attached hydrogen (secondary N) is 1. The molecule has 176 valence electrons. The third-order valence-electron chi connectivity index (χ3n) is 5.38. The summed E-state index contributed by atoms with van der Waals surface area (Å²) in [7, 11) is 0. The maximum Gasteiger partial charge on any atom is 0.255 e. The van der Waals surface area contributed by atoms with E-state index in [1.807, 2.05) is 18.2 Å². The predicted octanol–water partition coefficient (Wildman–Crippen LogP) is 3.97. The fraction of sp³-hybridized carbons (Fsp3) is 0.120. The van der Waals surface area contributed by atoms with Crippen molar-refractivity contribution in [2.24, 2.45) is 0 Å². The average molecular weight is 470 g/mol. The molecule has 0 unspecified atom stereocenters. The molecule has 10 heteroatoms. The number of benzene rings is 2. The van der Waals surface area contributed by atoms with Crippen molar-refractivity contribution in [2.75, 3.05) is 23.4 Å². The second kappa shape index (κ2) is 9.56. The molecule has 0 spiro atoms. The summed E-state index contributed by atoms with van der Waals surface area (Å²) in [5, 5.41) is 8.00. The zero-order valence-corrected chi connectivity index (χ0v) is 18.7. The van der Waals surface area contributed by atoms with E-state index in [0.29, 0.717) is 59.4 Å². The summed E-state index contributed by atoms with van der Waals surface area (Å²) in [4.78, 5) is 21.1. The molecule has 0 aliphatic rings. The molecule has 0 fully saturated rings. The molecule has 5 aromatic rings. The van der Waals surface area contributed by atoms with Gasteiger partial charge in [0.25, 0.3) is 5.91 Å². The highest BCUT2D eigenvalue weighted by Gasteiger charge is 2.15. The van der Waals surface area contributed by atoms with Gasteiger partial charge >= 0.3 is 0 Å². The van der Waals surface area contributed by atoms with E-state index in [4.69, 9.17) is 20.6 Å². The number of ether oxygens (including phenoxy) is 1. The molecule has 1 amide bonds. The summed E-state index contributed by atoms with van der Waals surface area (Å²) < 4.78 is 13.1. The lowest BCUT2D eigenvalue weighted by molar-refractivity contribution is 0.102. The number of fused-ring (bicyclic) bond motifs is 1. The van der Waals surface area contributed by atoms with E-state index in [-0.39, 0.29) is 11.9 Å². The number of nitrogens with two attached hydrogens (primary N) is 2. The number of aromatic nitrogens is 4. The second-order valence-corrected chi connectivity index (χ2v) is 7.78. The standard InChI is InChI=1S/C25H23N7O3/c26-19-5-1-2-6-20(19)29-24(33)16-8-10-17(11-9-16)34-14-4-12-32-23-18(15-28-32)22(30-25(27)31-23)21-7-3-13-35-21/h1-3,5-11,13,15H,4,12,14,26H2,(H,29,33)(H2,27,30,31). The van der Waals surface area contributed by atoms with Gasteiger partial charge in [0.2, 0.25) is 5.95 Å². The molecule has 2 aromatic carbocycles. The summed E-state index contributed by atoms with van der Waals surface area (Å²) >= 11 is 0. The van der Waals surface area contributed by atoms with Gasteiger partial charge in [-0.15, -0.1) is 0 Å². The van der Waals surface area contributed by atoms with Crippen LogP contribution < -0.4 is 21.5 Å². The Hall–Kier alpha value is -4.86. The molecule has 3 aromatic heterocycles. The van der Waals surface area contributed by atoms with Gasteiger partial charge in [0, 0.05) is 18.5 Å². The van der Waals surface area contributed by atoms with Crippen molar-refractivity contribution in [3.8, 4) is 17.2 Å². The van der Waals surface area contributed by atoms with Crippen molar-refractivity contribution in [3.63, 3.8) is 0 Å². The van der Waals surface area contributed by atoms with Crippen LogP contribution in [0.1, 0.15) is 16.8 Å². The van der Waals surface area contributed by atoms with Crippen LogP contribution in [0.2, 0.25) is 0 Å². The first-order valence-electron chi connectivity index (χ1n) is 11.0. The number of anilines is 3. The first-order chi connectivity index (χ1) is 17.1. The molecule has 0 saturated heterocycles. The summed E-state index contributed by atoms with van der Waals surface area (Å²) in [6.07, 6.45) is 3.98. The van der Waals surface area contributed by atoms with Gasteiger partial charge in [-0.05, 0) is 48.5 Å². The highest BCUT2D eigenvalue weighted by molar-refractivity contribution is 6.05. The van der Waals surface area contributed by atoms with Gasteiger partial charge in [0.15, 0.2) is 11.4 Å². The van der Waals surface area contributed by atoms with Gasteiger partial charge < -0.3 is 25.9 Å². The topological polar surface area (TPSA) is 147 Å². The van der Waals surface area contributed by atoms with Crippen LogP contribution in [0.3, 0.4) is 0 Å². The first kappa shape index (κ1) is 22.0.